The molecule has 1 aliphatic heterocycles. The summed E-state index contributed by atoms with van der Waals surface area (Å²) >= 11 is 8.70. The number of rotatable bonds is 2. The van der Waals surface area contributed by atoms with Crippen LogP contribution < -0.4 is 10.1 Å². The summed E-state index contributed by atoms with van der Waals surface area (Å²) in [6, 6.07) is 8.50. The van der Waals surface area contributed by atoms with Crippen molar-refractivity contribution in [2.75, 3.05) is 26.5 Å². The van der Waals surface area contributed by atoms with E-state index in [4.69, 9.17) is 31.6 Å². The third-order valence-corrected chi connectivity index (χ3v) is 10.9. The maximum Gasteiger partial charge on any atom is 0.354 e. The fourth-order valence-corrected chi connectivity index (χ4v) is 8.23. The molecule has 47 heavy (non-hydrogen) atoms. The molecule has 3 heterocycles. The number of nitrogens with one attached hydrogen (secondary N) is 2. The van der Waals surface area contributed by atoms with Gasteiger partial charge in [-0.3, -0.25) is 4.68 Å². The number of thioether (sulfide) groups is 1. The molecule has 1 aliphatic carbocycles. The zero-order chi connectivity index (χ0) is 33.2. The topological polar surface area (TPSA) is 94.2 Å². The van der Waals surface area contributed by atoms with Gasteiger partial charge in [-0.15, -0.1) is 11.8 Å². The van der Waals surface area contributed by atoms with Crippen molar-refractivity contribution < 1.29 is 14.3 Å². The normalized spacial score (nSPS) is 17.2. The maximum atomic E-state index is 13.3. The van der Waals surface area contributed by atoms with Crippen LogP contribution in [0.4, 0.5) is 0 Å². The Morgan fingerprint density at radius 2 is 1.89 bits per heavy atom. The predicted octanol–water partition coefficient (Wildman–Crippen LogP) is 7.75. The minimum absolute atomic E-state index is 0.371. The highest BCUT2D eigenvalue weighted by Crippen LogP contribution is 2.43. The molecule has 10 heteroatoms. The molecule has 0 saturated carbocycles. The molecule has 4 aromatic rings. The number of carbonyl (C=O) groups is 1. The van der Waals surface area contributed by atoms with Gasteiger partial charge >= 0.3 is 5.97 Å². The number of esters is 1. The molecule has 2 aromatic carbocycles. The molecule has 0 atom stereocenters. The van der Waals surface area contributed by atoms with Gasteiger partial charge in [0.25, 0.3) is 0 Å². The Labute approximate surface area is 286 Å². The standard InChI is InChI=1S/C37H44ClN5O3S/c1-22-33-31-14-13-29(38)35(33)34-23(2)42(4)41-30(34)21-47-20-26(39)19-27(40-3)12-11-24-17-25-9-6-7-10-28(25)32(18-24)46-16-8-15-43(31)36(22)37(44)45-5/h13-14,17-19,39-40H,6-12,15-16,20-21H2,1-5H3/b27-19-,39-26?. The number of methoxy groups -OCH3 is 1. The lowest BCUT2D eigenvalue weighted by Gasteiger charge is -2.22. The molecule has 6 rings (SSSR count). The lowest BCUT2D eigenvalue weighted by molar-refractivity contribution is 0.0587. The Bertz CT molecular complexity index is 1890. The number of carbonyl (C=O) groups excluding carboxylic acids is 1. The Hall–Kier alpha value is -3.69. The fourth-order valence-electron chi connectivity index (χ4n) is 7.18. The molecule has 0 radical (unpaired) electrons. The quantitative estimate of drug-likeness (QED) is 0.211. The van der Waals surface area contributed by atoms with E-state index in [0.29, 0.717) is 47.5 Å². The van der Waals surface area contributed by atoms with Crippen molar-refractivity contribution in [3.05, 3.63) is 80.4 Å². The molecule has 0 spiro atoms. The van der Waals surface area contributed by atoms with E-state index in [2.05, 4.69) is 28.9 Å². The van der Waals surface area contributed by atoms with Gasteiger partial charge in [-0.2, -0.15) is 5.10 Å². The lowest BCUT2D eigenvalue weighted by atomic mass is 9.88. The minimum Gasteiger partial charge on any atom is -0.493 e. The number of aromatic nitrogens is 3. The van der Waals surface area contributed by atoms with Crippen LogP contribution in [0.25, 0.3) is 22.0 Å². The van der Waals surface area contributed by atoms with Gasteiger partial charge in [0.1, 0.15) is 11.4 Å². The number of halogens is 1. The van der Waals surface area contributed by atoms with Crippen molar-refractivity contribution in [2.24, 2.45) is 7.05 Å². The highest BCUT2D eigenvalue weighted by molar-refractivity contribution is 7.99. The summed E-state index contributed by atoms with van der Waals surface area (Å²) in [5, 5.41) is 18.5. The van der Waals surface area contributed by atoms with E-state index in [9.17, 15) is 4.79 Å². The zero-order valence-electron chi connectivity index (χ0n) is 28.0. The summed E-state index contributed by atoms with van der Waals surface area (Å²) < 4.78 is 15.8. The number of allylic oxidation sites excluding steroid dienone is 2. The van der Waals surface area contributed by atoms with Crippen molar-refractivity contribution in [3.63, 3.8) is 0 Å². The molecule has 6 bridgehead atoms. The molecule has 248 valence electrons. The summed E-state index contributed by atoms with van der Waals surface area (Å²) in [5.41, 5.74) is 11.7. The largest absolute Gasteiger partial charge is 0.493 e. The highest BCUT2D eigenvalue weighted by atomic mass is 35.5. The number of ether oxygens (including phenoxy) is 2. The van der Waals surface area contributed by atoms with Gasteiger partial charge < -0.3 is 24.8 Å². The average Bonchev–Trinajstić information content (AvgIpc) is 3.51. The maximum absolute atomic E-state index is 13.3. The predicted molar refractivity (Wildman–Crippen MR) is 193 cm³/mol. The van der Waals surface area contributed by atoms with E-state index in [-0.39, 0.29) is 5.97 Å². The summed E-state index contributed by atoms with van der Waals surface area (Å²) in [7, 11) is 5.31. The molecule has 0 amide bonds. The second-order valence-corrected chi connectivity index (χ2v) is 13.9. The molecular formula is C37H44ClN5O3S. The van der Waals surface area contributed by atoms with Crippen LogP contribution in [0.15, 0.2) is 36.0 Å². The second kappa shape index (κ2) is 14.2. The molecule has 2 aromatic heterocycles. The molecular weight excluding hydrogens is 630 g/mol. The van der Waals surface area contributed by atoms with Gasteiger partial charge in [0.2, 0.25) is 0 Å². The number of hydrogen-bond acceptors (Lipinski definition) is 7. The Balaban J connectivity index is 1.47. The van der Waals surface area contributed by atoms with Crippen LogP contribution in [0.2, 0.25) is 5.02 Å². The van der Waals surface area contributed by atoms with Crippen LogP contribution in [0.5, 0.6) is 5.75 Å². The number of benzene rings is 2. The summed E-state index contributed by atoms with van der Waals surface area (Å²) in [5.74, 6) is 1.78. The Kier molecular flexibility index (Phi) is 10.0. The van der Waals surface area contributed by atoms with Crippen LogP contribution in [-0.4, -0.2) is 52.5 Å². The van der Waals surface area contributed by atoms with Crippen molar-refractivity contribution >= 4 is 45.9 Å². The minimum atomic E-state index is -0.371. The molecule has 0 unspecified atom stereocenters. The first-order valence-electron chi connectivity index (χ1n) is 16.4. The third kappa shape index (κ3) is 6.57. The van der Waals surface area contributed by atoms with E-state index < -0.39 is 0 Å². The second-order valence-electron chi connectivity index (χ2n) is 12.5. The lowest BCUT2D eigenvalue weighted by Crippen LogP contribution is -2.14. The van der Waals surface area contributed by atoms with E-state index >= 15 is 0 Å². The summed E-state index contributed by atoms with van der Waals surface area (Å²) in [6.07, 6.45) is 8.86. The van der Waals surface area contributed by atoms with Crippen LogP contribution in [-0.2, 0) is 43.3 Å². The molecule has 0 saturated heterocycles. The van der Waals surface area contributed by atoms with Crippen LogP contribution in [0.1, 0.15) is 69.8 Å². The van der Waals surface area contributed by atoms with Crippen molar-refractivity contribution in [1.29, 1.82) is 5.41 Å². The smallest absolute Gasteiger partial charge is 0.354 e. The van der Waals surface area contributed by atoms with Gasteiger partial charge in [-0.05, 0) is 105 Å². The van der Waals surface area contributed by atoms with Crippen molar-refractivity contribution in [3.8, 4) is 16.9 Å². The monoisotopic (exact) mass is 673 g/mol. The fraction of sp³-hybridized carbons (Fsp3) is 0.432. The van der Waals surface area contributed by atoms with Crippen LogP contribution in [0, 0.1) is 19.3 Å². The zero-order valence-corrected chi connectivity index (χ0v) is 29.6. The highest BCUT2D eigenvalue weighted by Gasteiger charge is 2.27. The molecule has 0 fully saturated rings. The summed E-state index contributed by atoms with van der Waals surface area (Å²) in [6.45, 7) is 5.14. The van der Waals surface area contributed by atoms with E-state index in [1.807, 2.05) is 43.9 Å². The van der Waals surface area contributed by atoms with Gasteiger partial charge in [-0.25, -0.2) is 4.79 Å². The van der Waals surface area contributed by atoms with Crippen molar-refractivity contribution in [2.45, 2.75) is 71.1 Å². The third-order valence-electron chi connectivity index (χ3n) is 9.58. The van der Waals surface area contributed by atoms with E-state index in [1.165, 1.54) is 36.6 Å². The number of hydrogen-bond donors (Lipinski definition) is 2. The van der Waals surface area contributed by atoms with Crippen LogP contribution >= 0.6 is 23.4 Å². The first kappa shape index (κ1) is 33.2. The van der Waals surface area contributed by atoms with Crippen molar-refractivity contribution in [1.82, 2.24) is 19.7 Å². The number of aryl methyl sites for hydroxylation is 5. The Morgan fingerprint density at radius 3 is 2.68 bits per heavy atom. The first-order chi connectivity index (χ1) is 22.7. The number of nitrogens with zero attached hydrogens (tertiary/aromatic N) is 3. The molecule has 2 N–H and O–H groups in total. The van der Waals surface area contributed by atoms with Crippen LogP contribution in [0.3, 0.4) is 0 Å². The van der Waals surface area contributed by atoms with Gasteiger partial charge in [-0.1, -0.05) is 17.7 Å². The van der Waals surface area contributed by atoms with Gasteiger partial charge in [0.05, 0.1) is 19.4 Å². The number of fused-ring (bicyclic) bond motifs is 6. The first-order valence-corrected chi connectivity index (χ1v) is 18.0. The van der Waals surface area contributed by atoms with Gasteiger partial charge in [0.15, 0.2) is 0 Å². The van der Waals surface area contributed by atoms with E-state index in [1.54, 1.807) is 11.8 Å². The average molecular weight is 674 g/mol. The molecule has 2 aliphatic rings. The summed E-state index contributed by atoms with van der Waals surface area (Å²) in [4.78, 5) is 13.3. The molecule has 8 nitrogen and oxygen atoms in total. The van der Waals surface area contributed by atoms with E-state index in [0.717, 1.165) is 76.1 Å². The SMILES string of the molecule is CN/C1=C\C(=N)CSCc2nn(C)c(C)c2-c2c(Cl)ccc3c2c(C)c(C(=O)OC)n3CCCOc2cc(cc3c2CCCC3)CC1. The Morgan fingerprint density at radius 1 is 1.09 bits per heavy atom. The van der Waals surface area contributed by atoms with Gasteiger partial charge in [0, 0.05) is 76.3 Å².